The molecule has 0 spiro atoms. The molecule has 2 N–H and O–H groups in total. The third-order valence-corrected chi connectivity index (χ3v) is 5.14. The second kappa shape index (κ2) is 11.5. The molecule has 0 aliphatic carbocycles. The van der Waals surface area contributed by atoms with Crippen molar-refractivity contribution in [1.29, 1.82) is 0 Å². The number of hydrogen-bond donors (Lipinski definition) is 2. The van der Waals surface area contributed by atoms with Crippen molar-refractivity contribution in [3.63, 3.8) is 0 Å². The molecule has 1 fully saturated rings. The molecule has 1 aliphatic rings. The summed E-state index contributed by atoms with van der Waals surface area (Å²) in [7, 11) is 2.01. The lowest BCUT2D eigenvalue weighted by atomic mass is 9.93. The summed E-state index contributed by atoms with van der Waals surface area (Å²) in [6.45, 7) is 7.97. The number of carbonyl (C=O) groups excluding carboxylic acids is 1. The van der Waals surface area contributed by atoms with Crippen LogP contribution in [0.1, 0.15) is 44.2 Å². The second-order valence-corrected chi connectivity index (χ2v) is 6.82. The number of amides is 1. The van der Waals surface area contributed by atoms with Crippen LogP contribution in [0.25, 0.3) is 0 Å². The molecule has 2 rings (SSSR count). The SMILES string of the molecule is CCc1cccc(CC)c1NC(=O)CN1CCC(CCNC)CC1.Cl. The molecule has 1 aromatic rings. The first-order valence-corrected chi connectivity index (χ1v) is 9.45. The van der Waals surface area contributed by atoms with Crippen molar-refractivity contribution in [1.82, 2.24) is 10.2 Å². The van der Waals surface area contributed by atoms with Crippen LogP contribution in [0.3, 0.4) is 0 Å². The Morgan fingerprint density at radius 3 is 2.28 bits per heavy atom. The Bertz CT molecular complexity index is 505. The Balaban J connectivity index is 0.00000312. The molecule has 0 saturated carbocycles. The molecule has 1 heterocycles. The summed E-state index contributed by atoms with van der Waals surface area (Å²) in [5, 5.41) is 6.41. The van der Waals surface area contributed by atoms with Gasteiger partial charge in [0.05, 0.1) is 6.54 Å². The molecular weight excluding hydrogens is 334 g/mol. The average molecular weight is 368 g/mol. The number of piperidine rings is 1. The summed E-state index contributed by atoms with van der Waals surface area (Å²) >= 11 is 0. The third-order valence-electron chi connectivity index (χ3n) is 5.14. The average Bonchev–Trinajstić information content (AvgIpc) is 2.61. The molecular formula is C20H34ClN3O. The highest BCUT2D eigenvalue weighted by molar-refractivity contribution is 5.93. The summed E-state index contributed by atoms with van der Waals surface area (Å²) in [5.74, 6) is 0.934. The van der Waals surface area contributed by atoms with Gasteiger partial charge in [0.25, 0.3) is 0 Å². The van der Waals surface area contributed by atoms with Crippen LogP contribution >= 0.6 is 12.4 Å². The molecule has 142 valence electrons. The van der Waals surface area contributed by atoms with Gasteiger partial charge in [-0.25, -0.2) is 0 Å². The van der Waals surface area contributed by atoms with Crippen molar-refractivity contribution < 1.29 is 4.79 Å². The van der Waals surface area contributed by atoms with E-state index in [9.17, 15) is 4.79 Å². The molecule has 1 aromatic carbocycles. The van der Waals surface area contributed by atoms with E-state index in [2.05, 4.69) is 47.6 Å². The molecule has 5 heteroatoms. The standard InChI is InChI=1S/C20H33N3O.ClH/c1-4-17-7-6-8-18(5-2)20(17)22-19(24)15-23-13-10-16(11-14-23)9-12-21-3;/h6-8,16,21H,4-5,9-15H2,1-3H3,(H,22,24);1H. The number of halogens is 1. The van der Waals surface area contributed by atoms with Crippen LogP contribution in [0, 0.1) is 5.92 Å². The fourth-order valence-corrected chi connectivity index (χ4v) is 3.57. The van der Waals surface area contributed by atoms with E-state index in [4.69, 9.17) is 0 Å². The maximum atomic E-state index is 12.5. The Kier molecular flexibility index (Phi) is 10.1. The predicted octanol–water partition coefficient (Wildman–Crippen LogP) is 3.49. The Labute approximate surface area is 159 Å². The molecule has 0 atom stereocenters. The number of rotatable bonds is 8. The quantitative estimate of drug-likeness (QED) is 0.739. The number of hydrogen-bond acceptors (Lipinski definition) is 3. The molecule has 1 saturated heterocycles. The van der Waals surface area contributed by atoms with Gasteiger partial charge in [-0.05, 0) is 75.8 Å². The monoisotopic (exact) mass is 367 g/mol. The second-order valence-electron chi connectivity index (χ2n) is 6.82. The highest BCUT2D eigenvalue weighted by atomic mass is 35.5. The smallest absolute Gasteiger partial charge is 0.238 e. The van der Waals surface area contributed by atoms with Crippen LogP contribution in [0.2, 0.25) is 0 Å². The van der Waals surface area contributed by atoms with Crippen LogP contribution in [-0.4, -0.2) is 44.0 Å². The van der Waals surface area contributed by atoms with Gasteiger partial charge >= 0.3 is 0 Å². The first-order chi connectivity index (χ1) is 11.7. The van der Waals surface area contributed by atoms with Gasteiger partial charge in [0.1, 0.15) is 0 Å². The maximum Gasteiger partial charge on any atom is 0.238 e. The van der Waals surface area contributed by atoms with Gasteiger partial charge in [0, 0.05) is 5.69 Å². The number of likely N-dealkylation sites (tertiary alicyclic amines) is 1. The van der Waals surface area contributed by atoms with E-state index in [0.29, 0.717) is 6.54 Å². The van der Waals surface area contributed by atoms with E-state index < -0.39 is 0 Å². The zero-order valence-electron chi connectivity index (χ0n) is 15.9. The highest BCUT2D eigenvalue weighted by Gasteiger charge is 2.21. The first-order valence-electron chi connectivity index (χ1n) is 9.45. The van der Waals surface area contributed by atoms with Crippen molar-refractivity contribution in [3.8, 4) is 0 Å². The number of nitrogens with zero attached hydrogens (tertiary/aromatic N) is 1. The minimum atomic E-state index is 0. The number of para-hydroxylation sites is 1. The summed E-state index contributed by atoms with van der Waals surface area (Å²) in [5.41, 5.74) is 3.50. The van der Waals surface area contributed by atoms with Crippen molar-refractivity contribution in [3.05, 3.63) is 29.3 Å². The number of benzene rings is 1. The van der Waals surface area contributed by atoms with Crippen LogP contribution < -0.4 is 10.6 Å². The van der Waals surface area contributed by atoms with E-state index in [1.807, 2.05) is 7.05 Å². The topological polar surface area (TPSA) is 44.4 Å². The van der Waals surface area contributed by atoms with Crippen LogP contribution in [0.15, 0.2) is 18.2 Å². The van der Waals surface area contributed by atoms with Crippen molar-refractivity contribution in [2.45, 2.75) is 46.0 Å². The summed E-state index contributed by atoms with van der Waals surface area (Å²) < 4.78 is 0. The number of carbonyl (C=O) groups is 1. The van der Waals surface area contributed by atoms with E-state index >= 15 is 0 Å². The predicted molar refractivity (Wildman–Crippen MR) is 109 cm³/mol. The number of aryl methyl sites for hydroxylation is 2. The maximum absolute atomic E-state index is 12.5. The largest absolute Gasteiger partial charge is 0.324 e. The molecule has 4 nitrogen and oxygen atoms in total. The minimum Gasteiger partial charge on any atom is -0.324 e. The van der Waals surface area contributed by atoms with E-state index in [-0.39, 0.29) is 18.3 Å². The Morgan fingerprint density at radius 2 is 1.76 bits per heavy atom. The number of nitrogens with one attached hydrogen (secondary N) is 2. The van der Waals surface area contributed by atoms with Crippen molar-refractivity contribution >= 4 is 24.0 Å². The summed E-state index contributed by atoms with van der Waals surface area (Å²) in [6, 6.07) is 6.31. The van der Waals surface area contributed by atoms with Gasteiger partial charge < -0.3 is 10.6 Å². The van der Waals surface area contributed by atoms with Crippen LogP contribution in [-0.2, 0) is 17.6 Å². The zero-order valence-corrected chi connectivity index (χ0v) is 16.8. The van der Waals surface area contributed by atoms with Crippen molar-refractivity contribution in [2.75, 3.05) is 38.5 Å². The van der Waals surface area contributed by atoms with Gasteiger partial charge in [-0.3, -0.25) is 9.69 Å². The molecule has 0 aromatic heterocycles. The van der Waals surface area contributed by atoms with E-state index in [1.165, 1.54) is 30.4 Å². The normalized spacial score (nSPS) is 15.6. The molecule has 25 heavy (non-hydrogen) atoms. The molecule has 1 amide bonds. The third kappa shape index (κ3) is 6.61. The number of anilines is 1. The van der Waals surface area contributed by atoms with Gasteiger partial charge in [-0.2, -0.15) is 0 Å². The van der Waals surface area contributed by atoms with Gasteiger partial charge in [0.2, 0.25) is 5.91 Å². The summed E-state index contributed by atoms with van der Waals surface area (Å²) in [4.78, 5) is 14.8. The van der Waals surface area contributed by atoms with Crippen LogP contribution in [0.4, 0.5) is 5.69 Å². The lowest BCUT2D eigenvalue weighted by molar-refractivity contribution is -0.117. The van der Waals surface area contributed by atoms with Crippen molar-refractivity contribution in [2.24, 2.45) is 5.92 Å². The van der Waals surface area contributed by atoms with E-state index in [1.54, 1.807) is 0 Å². The van der Waals surface area contributed by atoms with Gasteiger partial charge in [-0.15, -0.1) is 12.4 Å². The zero-order chi connectivity index (χ0) is 17.4. The fraction of sp³-hybridized carbons (Fsp3) is 0.650. The lowest BCUT2D eigenvalue weighted by Gasteiger charge is -2.31. The van der Waals surface area contributed by atoms with Gasteiger partial charge in [0.15, 0.2) is 0 Å². The summed E-state index contributed by atoms with van der Waals surface area (Å²) in [6.07, 6.45) is 5.56. The van der Waals surface area contributed by atoms with Crippen LogP contribution in [0.5, 0.6) is 0 Å². The molecule has 1 aliphatic heterocycles. The molecule has 0 unspecified atom stereocenters. The van der Waals surface area contributed by atoms with E-state index in [0.717, 1.165) is 44.1 Å². The highest BCUT2D eigenvalue weighted by Crippen LogP contribution is 2.23. The Hall–Kier alpha value is -1.10. The molecule has 0 radical (unpaired) electrons. The van der Waals surface area contributed by atoms with Gasteiger partial charge in [-0.1, -0.05) is 32.0 Å². The minimum absolute atomic E-state index is 0. The lowest BCUT2D eigenvalue weighted by Crippen LogP contribution is -2.39. The fourth-order valence-electron chi connectivity index (χ4n) is 3.57. The first kappa shape index (κ1) is 21.9. The Morgan fingerprint density at radius 1 is 1.16 bits per heavy atom. The molecule has 0 bridgehead atoms.